The fraction of sp³-hybridized carbons (Fsp3) is 0.552. The lowest BCUT2D eigenvalue weighted by atomic mass is 9.99. The number of anilines is 2. The summed E-state index contributed by atoms with van der Waals surface area (Å²) >= 11 is 0. The van der Waals surface area contributed by atoms with Crippen molar-refractivity contribution in [2.75, 3.05) is 64.1 Å². The average molecular weight is 558 g/mol. The molecule has 3 aromatic rings. The molecule has 11 heteroatoms. The van der Waals surface area contributed by atoms with E-state index in [9.17, 15) is 13.6 Å². The Labute approximate surface area is 234 Å². The van der Waals surface area contributed by atoms with E-state index in [-0.39, 0.29) is 35.6 Å². The number of benzene rings is 1. The molecule has 0 aliphatic carbocycles. The molecule has 0 unspecified atom stereocenters. The van der Waals surface area contributed by atoms with Crippen molar-refractivity contribution in [3.63, 3.8) is 0 Å². The summed E-state index contributed by atoms with van der Waals surface area (Å²) in [7, 11) is 6.68. The zero-order valence-corrected chi connectivity index (χ0v) is 24.5. The molecule has 2 aromatic heterocycles. The van der Waals surface area contributed by atoms with Crippen LogP contribution in [0.25, 0.3) is 10.9 Å². The number of rotatable bonds is 10. The molecular weight excluding hydrogens is 516 g/mol. The van der Waals surface area contributed by atoms with Crippen molar-refractivity contribution in [2.45, 2.75) is 45.2 Å². The van der Waals surface area contributed by atoms with Crippen LogP contribution in [0.15, 0.2) is 35.1 Å². The number of methoxy groups -OCH3 is 1. The topological polar surface area (TPSA) is 78.8 Å². The molecule has 1 aliphatic rings. The van der Waals surface area contributed by atoms with Gasteiger partial charge in [0, 0.05) is 57.8 Å². The van der Waals surface area contributed by atoms with Crippen LogP contribution in [-0.2, 0) is 13.0 Å². The van der Waals surface area contributed by atoms with Crippen molar-refractivity contribution in [2.24, 2.45) is 7.05 Å². The predicted molar refractivity (Wildman–Crippen MR) is 156 cm³/mol. The first-order valence-electron chi connectivity index (χ1n) is 13.8. The maximum absolute atomic E-state index is 14.9. The number of hydrogen-bond donors (Lipinski definition) is 1. The highest BCUT2D eigenvalue weighted by atomic mass is 19.3. The van der Waals surface area contributed by atoms with Gasteiger partial charge < -0.3 is 19.9 Å². The van der Waals surface area contributed by atoms with Crippen LogP contribution >= 0.6 is 0 Å². The Kier molecular flexibility index (Phi) is 8.94. The molecule has 1 atom stereocenters. The number of aryl methyl sites for hydroxylation is 1. The molecule has 4 rings (SSSR count). The monoisotopic (exact) mass is 557 g/mol. The summed E-state index contributed by atoms with van der Waals surface area (Å²) in [5, 5.41) is 8.41. The van der Waals surface area contributed by atoms with Crippen LogP contribution in [0.2, 0.25) is 0 Å². The lowest BCUT2D eigenvalue weighted by molar-refractivity contribution is -0.0188. The number of hydrogen-bond acceptors (Lipinski definition) is 8. The largest absolute Gasteiger partial charge is 0.480 e. The third kappa shape index (κ3) is 6.36. The summed E-state index contributed by atoms with van der Waals surface area (Å²) in [4.78, 5) is 24.0. The highest BCUT2D eigenvalue weighted by molar-refractivity contribution is 5.92. The number of halogens is 2. The third-order valence-corrected chi connectivity index (χ3v) is 7.58. The van der Waals surface area contributed by atoms with Gasteiger partial charge in [-0.1, -0.05) is 18.2 Å². The zero-order chi connectivity index (χ0) is 29.2. The molecule has 3 heterocycles. The Morgan fingerprint density at radius 3 is 2.45 bits per heavy atom. The maximum atomic E-state index is 14.9. The minimum atomic E-state index is -2.95. The van der Waals surface area contributed by atoms with E-state index in [1.807, 2.05) is 19.1 Å². The minimum absolute atomic E-state index is 0.0204. The highest BCUT2D eigenvalue weighted by Gasteiger charge is 2.32. The molecule has 1 aromatic carbocycles. The fourth-order valence-electron chi connectivity index (χ4n) is 5.03. The van der Waals surface area contributed by atoms with Crippen LogP contribution in [0.3, 0.4) is 0 Å². The van der Waals surface area contributed by atoms with E-state index in [0.29, 0.717) is 28.7 Å². The van der Waals surface area contributed by atoms with Crippen LogP contribution in [0.4, 0.5) is 20.3 Å². The van der Waals surface area contributed by atoms with Crippen LogP contribution in [0, 0.1) is 0 Å². The van der Waals surface area contributed by atoms with Gasteiger partial charge in [-0.25, -0.2) is 18.4 Å². The third-order valence-electron chi connectivity index (χ3n) is 7.58. The quantitative estimate of drug-likeness (QED) is 0.400. The van der Waals surface area contributed by atoms with Crippen molar-refractivity contribution in [1.82, 2.24) is 24.6 Å². The van der Waals surface area contributed by atoms with E-state index in [1.54, 1.807) is 45.3 Å². The maximum Gasteiger partial charge on any atom is 0.293 e. The number of aromatic nitrogens is 3. The Morgan fingerprint density at radius 2 is 1.82 bits per heavy atom. The number of nitrogens with one attached hydrogen (secondary N) is 1. The molecule has 0 radical (unpaired) electrons. The highest BCUT2D eigenvalue weighted by Crippen LogP contribution is 2.35. The smallest absolute Gasteiger partial charge is 0.293 e. The van der Waals surface area contributed by atoms with E-state index >= 15 is 0 Å². The standard InChI is InChI=1S/C29H41F2N7O2/c1-19(2)37-13-15-38(16-14-37)24-18-23-25(33-27(24)40-7)28(39)36(6)34-26(23)32-20(3)21-9-8-10-22(17-21)29(30,31)11-12-35(4)5/h8-10,17-20H,11-16H2,1-7H3,(H,32,34)/t20-/m1/s1. The molecule has 0 spiro atoms. The lowest BCUT2D eigenvalue weighted by Crippen LogP contribution is -2.49. The summed E-state index contributed by atoms with van der Waals surface area (Å²) in [5.41, 5.74) is 1.36. The van der Waals surface area contributed by atoms with Crippen LogP contribution < -0.4 is 20.5 Å². The molecular formula is C29H41F2N7O2. The predicted octanol–water partition coefficient (Wildman–Crippen LogP) is 4.08. The van der Waals surface area contributed by atoms with Crippen molar-refractivity contribution < 1.29 is 13.5 Å². The second kappa shape index (κ2) is 12.1. The van der Waals surface area contributed by atoms with Crippen LogP contribution in [-0.4, -0.2) is 84.5 Å². The summed E-state index contributed by atoms with van der Waals surface area (Å²) < 4.78 is 36.7. The van der Waals surface area contributed by atoms with E-state index in [2.05, 4.69) is 39.0 Å². The molecule has 9 nitrogen and oxygen atoms in total. The van der Waals surface area contributed by atoms with Gasteiger partial charge >= 0.3 is 0 Å². The summed E-state index contributed by atoms with van der Waals surface area (Å²) in [5.74, 6) is -2.11. The Bertz CT molecular complexity index is 1380. The minimum Gasteiger partial charge on any atom is -0.480 e. The molecule has 0 amide bonds. The van der Waals surface area contributed by atoms with Gasteiger partial charge in [0.25, 0.3) is 11.5 Å². The average Bonchev–Trinajstić information content (AvgIpc) is 2.94. The lowest BCUT2D eigenvalue weighted by Gasteiger charge is -2.38. The van der Waals surface area contributed by atoms with Crippen molar-refractivity contribution in [1.29, 1.82) is 0 Å². The number of fused-ring (bicyclic) bond motifs is 1. The van der Waals surface area contributed by atoms with Gasteiger partial charge in [-0.3, -0.25) is 9.69 Å². The molecule has 1 N–H and O–H groups in total. The van der Waals surface area contributed by atoms with E-state index in [4.69, 9.17) is 4.74 Å². The second-order valence-electron chi connectivity index (χ2n) is 11.1. The van der Waals surface area contributed by atoms with Gasteiger partial charge in [-0.2, -0.15) is 5.10 Å². The van der Waals surface area contributed by atoms with Gasteiger partial charge in [0.2, 0.25) is 5.88 Å². The van der Waals surface area contributed by atoms with Crippen molar-refractivity contribution in [3.8, 4) is 5.88 Å². The molecule has 218 valence electrons. The summed E-state index contributed by atoms with van der Waals surface area (Å²) in [6, 6.07) is 8.48. The summed E-state index contributed by atoms with van der Waals surface area (Å²) in [6.07, 6.45) is -0.264. The molecule has 1 aliphatic heterocycles. The van der Waals surface area contributed by atoms with Gasteiger partial charge in [0.1, 0.15) is 11.2 Å². The fourth-order valence-corrected chi connectivity index (χ4v) is 5.03. The summed E-state index contributed by atoms with van der Waals surface area (Å²) in [6.45, 7) is 9.96. The Morgan fingerprint density at radius 1 is 1.12 bits per heavy atom. The number of nitrogens with zero attached hydrogens (tertiary/aromatic N) is 6. The van der Waals surface area contributed by atoms with Crippen LogP contribution in [0.5, 0.6) is 5.88 Å². The van der Waals surface area contributed by atoms with Gasteiger partial charge in [-0.15, -0.1) is 0 Å². The van der Waals surface area contributed by atoms with Gasteiger partial charge in [0.15, 0.2) is 5.82 Å². The van der Waals surface area contributed by atoms with E-state index in [1.165, 1.54) is 10.7 Å². The Balaban J connectivity index is 1.68. The molecule has 1 fully saturated rings. The zero-order valence-electron chi connectivity index (χ0n) is 24.5. The van der Waals surface area contributed by atoms with Gasteiger partial charge in [0.05, 0.1) is 18.5 Å². The number of ether oxygens (including phenoxy) is 1. The first-order valence-corrected chi connectivity index (χ1v) is 13.8. The molecule has 40 heavy (non-hydrogen) atoms. The number of pyridine rings is 1. The molecule has 0 bridgehead atoms. The van der Waals surface area contributed by atoms with Crippen molar-refractivity contribution in [3.05, 3.63) is 51.8 Å². The molecule has 1 saturated heterocycles. The van der Waals surface area contributed by atoms with Crippen molar-refractivity contribution >= 4 is 22.4 Å². The van der Waals surface area contributed by atoms with E-state index < -0.39 is 5.92 Å². The first-order chi connectivity index (χ1) is 18.9. The SMILES string of the molecule is COc1nc2c(=O)n(C)nc(N[C@H](C)c3cccc(C(F)(F)CCN(C)C)c3)c2cc1N1CCN(C(C)C)CC1. The molecule has 0 saturated carbocycles. The number of piperazine rings is 1. The normalized spacial score (nSPS) is 15.7. The van der Waals surface area contributed by atoms with E-state index in [0.717, 1.165) is 31.9 Å². The second-order valence-corrected chi connectivity index (χ2v) is 11.1. The number of alkyl halides is 2. The first kappa shape index (κ1) is 29.7. The Hall–Kier alpha value is -3.31. The van der Waals surface area contributed by atoms with Gasteiger partial charge in [-0.05, 0) is 52.6 Å². The van der Waals surface area contributed by atoms with Crippen LogP contribution in [0.1, 0.15) is 44.4 Å².